The number of aliphatic hydroxyl groups excluding tert-OH is 1. The van der Waals surface area contributed by atoms with Gasteiger partial charge in [-0.2, -0.15) is 0 Å². The molecule has 14 heavy (non-hydrogen) atoms. The topological polar surface area (TPSA) is 81.2 Å². The van der Waals surface area contributed by atoms with Gasteiger partial charge in [-0.25, -0.2) is 0 Å². The monoisotopic (exact) mass is 199 g/mol. The van der Waals surface area contributed by atoms with Crippen LogP contribution in [0, 0.1) is 23.0 Å². The second kappa shape index (κ2) is 4.19. The summed E-state index contributed by atoms with van der Waals surface area (Å²) in [5, 5.41) is 19.2. The van der Waals surface area contributed by atoms with Crippen molar-refractivity contribution in [3.05, 3.63) is 22.1 Å². The predicted molar refractivity (Wildman–Crippen MR) is 49.9 cm³/mol. The number of nitrogens with zero attached hydrogens (tertiary/aromatic N) is 3. The van der Waals surface area contributed by atoms with E-state index in [2.05, 4.69) is 4.98 Å². The fraction of sp³-hybridized carbons (Fsp3) is 0.625. The van der Waals surface area contributed by atoms with E-state index >= 15 is 0 Å². The molecule has 0 aromatic carbocycles. The first-order chi connectivity index (χ1) is 6.54. The maximum atomic E-state index is 10.4. The Bertz CT molecular complexity index is 335. The summed E-state index contributed by atoms with van der Waals surface area (Å²) in [6.45, 7) is 4.18. The molecule has 1 atom stereocenters. The normalized spacial score (nSPS) is 12.8. The van der Waals surface area contributed by atoms with Crippen molar-refractivity contribution >= 4 is 5.82 Å². The van der Waals surface area contributed by atoms with Crippen LogP contribution in [0.2, 0.25) is 0 Å². The van der Waals surface area contributed by atoms with E-state index in [1.54, 1.807) is 11.5 Å². The molecule has 0 saturated heterocycles. The van der Waals surface area contributed by atoms with Crippen LogP contribution in [0.1, 0.15) is 12.7 Å². The van der Waals surface area contributed by atoms with Crippen LogP contribution in [-0.2, 0) is 6.54 Å². The van der Waals surface area contributed by atoms with Crippen LogP contribution in [0.3, 0.4) is 0 Å². The number of imidazole rings is 1. The summed E-state index contributed by atoms with van der Waals surface area (Å²) in [7, 11) is 0. The number of aromatic nitrogens is 2. The van der Waals surface area contributed by atoms with Crippen molar-refractivity contribution in [2.24, 2.45) is 5.92 Å². The van der Waals surface area contributed by atoms with Crippen LogP contribution in [-0.4, -0.2) is 26.2 Å². The third kappa shape index (κ3) is 2.29. The first-order valence-electron chi connectivity index (χ1n) is 4.33. The average molecular weight is 199 g/mol. The summed E-state index contributed by atoms with van der Waals surface area (Å²) >= 11 is 0. The summed E-state index contributed by atoms with van der Waals surface area (Å²) in [5.74, 6) is 0.521. The summed E-state index contributed by atoms with van der Waals surface area (Å²) in [6, 6.07) is 0. The Hall–Kier alpha value is -1.43. The van der Waals surface area contributed by atoms with Gasteiger partial charge in [-0.15, -0.1) is 0 Å². The van der Waals surface area contributed by atoms with E-state index in [-0.39, 0.29) is 18.3 Å². The van der Waals surface area contributed by atoms with E-state index in [0.717, 1.165) is 0 Å². The van der Waals surface area contributed by atoms with E-state index in [1.165, 1.54) is 6.20 Å². The Morgan fingerprint density at radius 1 is 1.79 bits per heavy atom. The molecule has 6 nitrogen and oxygen atoms in total. The van der Waals surface area contributed by atoms with Crippen molar-refractivity contribution in [1.29, 1.82) is 0 Å². The molecule has 0 spiro atoms. The Labute approximate surface area is 81.3 Å². The minimum absolute atomic E-state index is 0.0609. The van der Waals surface area contributed by atoms with Crippen LogP contribution in [0.5, 0.6) is 0 Å². The van der Waals surface area contributed by atoms with Crippen LogP contribution in [0.4, 0.5) is 5.82 Å². The van der Waals surface area contributed by atoms with Gasteiger partial charge >= 0.3 is 5.82 Å². The van der Waals surface area contributed by atoms with E-state index < -0.39 is 4.92 Å². The van der Waals surface area contributed by atoms with Gasteiger partial charge in [0.15, 0.2) is 0 Å². The largest absolute Gasteiger partial charge is 0.396 e. The molecule has 0 aliphatic rings. The average Bonchev–Trinajstić information content (AvgIpc) is 2.48. The van der Waals surface area contributed by atoms with Crippen molar-refractivity contribution in [2.45, 2.75) is 20.4 Å². The van der Waals surface area contributed by atoms with Crippen molar-refractivity contribution in [3.63, 3.8) is 0 Å². The molecule has 1 aromatic rings. The Morgan fingerprint density at radius 2 is 2.43 bits per heavy atom. The second-order valence-electron chi connectivity index (χ2n) is 3.34. The first kappa shape index (κ1) is 10.6. The van der Waals surface area contributed by atoms with Gasteiger partial charge in [-0.3, -0.25) is 0 Å². The number of aliphatic hydroxyl groups is 1. The molecule has 0 fully saturated rings. The Morgan fingerprint density at radius 3 is 2.86 bits per heavy atom. The molecule has 0 aliphatic heterocycles. The standard InChI is InChI=1S/C8H13N3O3/c1-6(5-12)3-10-4-8(11(13)14)9-7(10)2/h4,6,12H,3,5H2,1-2H3/t6-/m1/s1. The number of rotatable bonds is 4. The lowest BCUT2D eigenvalue weighted by Crippen LogP contribution is -2.11. The summed E-state index contributed by atoms with van der Waals surface area (Å²) in [5.41, 5.74) is 0. The number of nitro groups is 1. The summed E-state index contributed by atoms with van der Waals surface area (Å²) < 4.78 is 1.68. The summed E-state index contributed by atoms with van der Waals surface area (Å²) in [4.78, 5) is 13.7. The quantitative estimate of drug-likeness (QED) is 0.572. The highest BCUT2D eigenvalue weighted by molar-refractivity contribution is 5.16. The SMILES string of the molecule is Cc1nc([N+](=O)[O-])cn1C[C@@H](C)CO. The molecule has 0 amide bonds. The lowest BCUT2D eigenvalue weighted by Gasteiger charge is -2.07. The maximum absolute atomic E-state index is 10.4. The molecule has 0 aliphatic carbocycles. The molecule has 0 radical (unpaired) electrons. The zero-order valence-corrected chi connectivity index (χ0v) is 8.17. The van der Waals surface area contributed by atoms with E-state index in [4.69, 9.17) is 5.11 Å². The van der Waals surface area contributed by atoms with Crippen LogP contribution in [0.25, 0.3) is 0 Å². The first-order valence-corrected chi connectivity index (χ1v) is 4.33. The fourth-order valence-electron chi connectivity index (χ4n) is 1.16. The second-order valence-corrected chi connectivity index (χ2v) is 3.34. The van der Waals surface area contributed by atoms with Gasteiger partial charge in [-0.1, -0.05) is 6.92 Å². The van der Waals surface area contributed by atoms with Crippen molar-refractivity contribution in [2.75, 3.05) is 6.61 Å². The minimum Gasteiger partial charge on any atom is -0.396 e. The van der Waals surface area contributed by atoms with Gasteiger partial charge in [0.05, 0.1) is 0 Å². The van der Waals surface area contributed by atoms with Crippen molar-refractivity contribution < 1.29 is 10.0 Å². The minimum atomic E-state index is -0.521. The smallest absolute Gasteiger partial charge is 0.381 e. The van der Waals surface area contributed by atoms with E-state index in [1.807, 2.05) is 6.92 Å². The lowest BCUT2D eigenvalue weighted by atomic mass is 10.2. The van der Waals surface area contributed by atoms with E-state index in [9.17, 15) is 10.1 Å². The third-order valence-corrected chi connectivity index (χ3v) is 1.97. The highest BCUT2D eigenvalue weighted by Gasteiger charge is 2.15. The van der Waals surface area contributed by atoms with Gasteiger partial charge in [0.25, 0.3) is 0 Å². The number of hydrogen-bond donors (Lipinski definition) is 1. The highest BCUT2D eigenvalue weighted by atomic mass is 16.6. The molecule has 1 N–H and O–H groups in total. The molecular formula is C8H13N3O3. The third-order valence-electron chi connectivity index (χ3n) is 1.97. The summed E-state index contributed by atoms with van der Waals surface area (Å²) in [6.07, 6.45) is 1.39. The fourth-order valence-corrected chi connectivity index (χ4v) is 1.16. The van der Waals surface area contributed by atoms with Crippen LogP contribution >= 0.6 is 0 Å². The molecule has 0 unspecified atom stereocenters. The Kier molecular flexibility index (Phi) is 3.19. The molecule has 0 saturated carbocycles. The highest BCUT2D eigenvalue weighted by Crippen LogP contribution is 2.12. The molecule has 6 heteroatoms. The molecule has 0 bridgehead atoms. The van der Waals surface area contributed by atoms with Gasteiger partial charge in [0.1, 0.15) is 6.20 Å². The number of aryl methyl sites for hydroxylation is 1. The molecule has 1 heterocycles. The lowest BCUT2D eigenvalue weighted by molar-refractivity contribution is -0.389. The van der Waals surface area contributed by atoms with Gasteiger partial charge < -0.3 is 19.8 Å². The van der Waals surface area contributed by atoms with E-state index in [0.29, 0.717) is 12.4 Å². The van der Waals surface area contributed by atoms with Crippen molar-refractivity contribution in [3.8, 4) is 0 Å². The zero-order chi connectivity index (χ0) is 10.7. The predicted octanol–water partition coefficient (Wildman–Crippen LogP) is 0.728. The molecule has 1 rings (SSSR count). The zero-order valence-electron chi connectivity index (χ0n) is 8.17. The van der Waals surface area contributed by atoms with Crippen LogP contribution < -0.4 is 0 Å². The number of hydrogen-bond acceptors (Lipinski definition) is 4. The van der Waals surface area contributed by atoms with Gasteiger partial charge in [0.2, 0.25) is 5.82 Å². The Balaban J connectivity index is 2.82. The molecule has 78 valence electrons. The maximum Gasteiger partial charge on any atom is 0.381 e. The molecular weight excluding hydrogens is 186 g/mol. The van der Waals surface area contributed by atoms with Crippen molar-refractivity contribution in [1.82, 2.24) is 9.55 Å². The van der Waals surface area contributed by atoms with Crippen LogP contribution in [0.15, 0.2) is 6.20 Å². The van der Waals surface area contributed by atoms with Gasteiger partial charge in [0, 0.05) is 20.1 Å². The van der Waals surface area contributed by atoms with Gasteiger partial charge in [-0.05, 0) is 15.8 Å². The molecule has 1 aromatic heterocycles.